The van der Waals surface area contributed by atoms with Gasteiger partial charge in [-0.2, -0.15) is 13.2 Å². The number of amides is 2. The summed E-state index contributed by atoms with van der Waals surface area (Å²) in [7, 11) is 3.30. The van der Waals surface area contributed by atoms with E-state index >= 15 is 0 Å². The first-order chi connectivity index (χ1) is 19.2. The Labute approximate surface area is 244 Å². The first kappa shape index (κ1) is 32.5. The van der Waals surface area contributed by atoms with Crippen molar-refractivity contribution in [1.29, 1.82) is 0 Å². The van der Waals surface area contributed by atoms with Gasteiger partial charge in [0.05, 0.1) is 23.3 Å². The Morgan fingerprint density at radius 1 is 1.07 bits per heavy atom. The van der Waals surface area contributed by atoms with Gasteiger partial charge < -0.3 is 24.4 Å². The van der Waals surface area contributed by atoms with Crippen molar-refractivity contribution in [1.82, 2.24) is 9.80 Å². The number of aliphatic hydroxyl groups is 1. The molecule has 41 heavy (non-hydrogen) atoms. The van der Waals surface area contributed by atoms with E-state index in [1.807, 2.05) is 0 Å². The molecule has 0 unspecified atom stereocenters. The third kappa shape index (κ3) is 8.07. The monoisotopic (exact) mass is 598 g/mol. The maximum absolute atomic E-state index is 14.2. The number of hydrogen-bond acceptors (Lipinski definition) is 5. The van der Waals surface area contributed by atoms with Gasteiger partial charge in [-0.3, -0.25) is 9.59 Å². The zero-order chi connectivity index (χ0) is 30.4. The zero-order valence-corrected chi connectivity index (χ0v) is 24.6. The highest BCUT2D eigenvalue weighted by atomic mass is 35.5. The van der Waals surface area contributed by atoms with E-state index in [4.69, 9.17) is 21.1 Å². The van der Waals surface area contributed by atoms with Crippen LogP contribution in [0, 0.1) is 5.92 Å². The summed E-state index contributed by atoms with van der Waals surface area (Å²) in [5, 5.41) is 11.1. The molecule has 11 heteroatoms. The number of carbonyl (C=O) groups excluding carboxylic acids is 2. The zero-order valence-electron chi connectivity index (χ0n) is 23.8. The number of ether oxygens (including phenoxy) is 2. The van der Waals surface area contributed by atoms with Crippen LogP contribution in [-0.2, 0) is 10.4 Å². The van der Waals surface area contributed by atoms with Crippen molar-refractivity contribution in [3.05, 3.63) is 58.6 Å². The lowest BCUT2D eigenvalue weighted by molar-refractivity contribution is -0.262. The van der Waals surface area contributed by atoms with Gasteiger partial charge in [0.2, 0.25) is 0 Å². The molecule has 1 saturated heterocycles. The van der Waals surface area contributed by atoms with Crippen LogP contribution in [0.5, 0.6) is 11.5 Å². The second-order valence-corrected chi connectivity index (χ2v) is 11.2. The molecule has 7 nitrogen and oxygen atoms in total. The minimum Gasteiger partial charge on any atom is -0.494 e. The van der Waals surface area contributed by atoms with Gasteiger partial charge in [0.15, 0.2) is 0 Å². The summed E-state index contributed by atoms with van der Waals surface area (Å²) in [5.41, 5.74) is -3.82. The van der Waals surface area contributed by atoms with Crippen LogP contribution < -0.4 is 9.47 Å². The molecule has 2 amide bonds. The average Bonchev–Trinajstić information content (AvgIpc) is 2.91. The van der Waals surface area contributed by atoms with Crippen LogP contribution in [0.3, 0.4) is 0 Å². The lowest BCUT2D eigenvalue weighted by Crippen LogP contribution is -2.57. The van der Waals surface area contributed by atoms with Crippen molar-refractivity contribution < 1.29 is 37.3 Å². The number of piperidine rings is 1. The number of rotatable bonds is 11. The van der Waals surface area contributed by atoms with Gasteiger partial charge in [0.1, 0.15) is 11.5 Å². The van der Waals surface area contributed by atoms with Gasteiger partial charge in [0.25, 0.3) is 17.4 Å². The predicted molar refractivity (Wildman–Crippen MR) is 150 cm³/mol. The van der Waals surface area contributed by atoms with E-state index in [0.717, 1.165) is 36.3 Å². The molecule has 1 fully saturated rings. The number of carbonyl (C=O) groups is 2. The fourth-order valence-electron chi connectivity index (χ4n) is 4.85. The topological polar surface area (TPSA) is 79.3 Å². The fourth-order valence-corrected chi connectivity index (χ4v) is 5.10. The number of likely N-dealkylation sites (tertiary alicyclic amines) is 1. The van der Waals surface area contributed by atoms with Crippen molar-refractivity contribution in [3.8, 4) is 11.5 Å². The molecule has 0 aromatic heterocycles. The third-order valence-electron chi connectivity index (χ3n) is 7.10. The Hall–Kier alpha value is -2.98. The number of unbranched alkanes of at least 4 members (excludes halogenated alkanes) is 1. The normalized spacial score (nSPS) is 15.9. The van der Waals surface area contributed by atoms with Gasteiger partial charge >= 0.3 is 6.18 Å². The van der Waals surface area contributed by atoms with Crippen molar-refractivity contribution in [3.63, 3.8) is 0 Å². The Balaban J connectivity index is 1.49. The summed E-state index contributed by atoms with van der Waals surface area (Å²) in [6.07, 6.45) is -1.93. The quantitative estimate of drug-likeness (QED) is 0.318. The second-order valence-electron chi connectivity index (χ2n) is 10.8. The molecule has 226 valence electrons. The van der Waals surface area contributed by atoms with Crippen LogP contribution in [0.1, 0.15) is 61.9 Å². The van der Waals surface area contributed by atoms with Crippen LogP contribution in [-0.4, -0.2) is 72.8 Å². The molecule has 0 radical (unpaired) electrons. The molecule has 3 rings (SSSR count). The lowest BCUT2D eigenvalue weighted by atomic mass is 9.87. The number of benzene rings is 2. The van der Waals surface area contributed by atoms with Crippen molar-refractivity contribution in [2.24, 2.45) is 5.92 Å². The largest absolute Gasteiger partial charge is 0.494 e. The summed E-state index contributed by atoms with van der Waals surface area (Å²) in [6.45, 7) is 4.19. The molecule has 1 N–H and O–H groups in total. The highest BCUT2D eigenvalue weighted by molar-refractivity contribution is 6.34. The molecule has 1 atom stereocenters. The number of hydrogen-bond donors (Lipinski definition) is 1. The Kier molecular flexibility index (Phi) is 10.9. The smallest absolute Gasteiger partial charge is 0.430 e. The van der Waals surface area contributed by atoms with Gasteiger partial charge in [-0.05, 0) is 75.8 Å². The predicted octanol–water partition coefficient (Wildman–Crippen LogP) is 6.07. The first-order valence-corrected chi connectivity index (χ1v) is 14.1. The van der Waals surface area contributed by atoms with Crippen LogP contribution in [0.2, 0.25) is 5.02 Å². The van der Waals surface area contributed by atoms with Gasteiger partial charge in [-0.1, -0.05) is 30.2 Å². The van der Waals surface area contributed by atoms with E-state index in [9.17, 15) is 27.9 Å². The van der Waals surface area contributed by atoms with Crippen LogP contribution in [0.15, 0.2) is 42.5 Å². The molecule has 1 aliphatic rings. The van der Waals surface area contributed by atoms with Crippen molar-refractivity contribution in [2.75, 3.05) is 33.8 Å². The van der Waals surface area contributed by atoms with Gasteiger partial charge in [0, 0.05) is 32.7 Å². The van der Waals surface area contributed by atoms with Gasteiger partial charge in [-0.25, -0.2) is 0 Å². The summed E-state index contributed by atoms with van der Waals surface area (Å²) < 4.78 is 53.7. The highest BCUT2D eigenvalue weighted by Crippen LogP contribution is 2.42. The summed E-state index contributed by atoms with van der Waals surface area (Å²) >= 11 is 6.22. The van der Waals surface area contributed by atoms with Gasteiger partial charge in [-0.15, -0.1) is 0 Å². The summed E-state index contributed by atoms with van der Waals surface area (Å²) in [6, 6.07) is 9.94. The second kappa shape index (κ2) is 13.8. The van der Waals surface area contributed by atoms with E-state index in [-0.39, 0.29) is 36.8 Å². The van der Waals surface area contributed by atoms with Crippen molar-refractivity contribution >= 4 is 23.4 Å². The summed E-state index contributed by atoms with van der Waals surface area (Å²) in [4.78, 5) is 27.8. The molecular formula is C30H38ClF3N2O5. The Morgan fingerprint density at radius 2 is 1.76 bits per heavy atom. The molecule has 0 saturated carbocycles. The molecule has 0 aliphatic carbocycles. The van der Waals surface area contributed by atoms with Crippen LogP contribution in [0.4, 0.5) is 13.2 Å². The van der Waals surface area contributed by atoms with E-state index in [0.29, 0.717) is 35.8 Å². The molecule has 2 aromatic carbocycles. The molecule has 0 spiro atoms. The number of alkyl halides is 3. The highest BCUT2D eigenvalue weighted by Gasteiger charge is 2.62. The molecule has 1 aliphatic heterocycles. The fraction of sp³-hybridized carbons (Fsp3) is 0.533. The van der Waals surface area contributed by atoms with E-state index in [2.05, 4.69) is 0 Å². The van der Waals surface area contributed by atoms with Crippen molar-refractivity contribution in [2.45, 2.75) is 63.8 Å². The van der Waals surface area contributed by atoms with Crippen LogP contribution >= 0.6 is 11.6 Å². The Morgan fingerprint density at radius 3 is 2.34 bits per heavy atom. The first-order valence-electron chi connectivity index (χ1n) is 13.7. The van der Waals surface area contributed by atoms with E-state index in [1.165, 1.54) is 17.0 Å². The summed E-state index contributed by atoms with van der Waals surface area (Å²) in [5.74, 6) is -0.587. The number of halogens is 4. The standard InChI is InChI=1S/C30H38ClF3N2O5/c1-20(2)41-24-10-7-9-22(18-24)29(39,30(32,33)34)28(38)36-15-13-21(14-16-36)8-5-6-17-40-23-11-12-25(26(31)19-23)27(37)35(3)4/h7,9-12,18-21,39H,5-6,8,13-17H2,1-4H3/t29-/m0/s1. The molecule has 0 bridgehead atoms. The van der Waals surface area contributed by atoms with Crippen LogP contribution in [0.25, 0.3) is 0 Å². The molecule has 1 heterocycles. The minimum atomic E-state index is -5.20. The number of nitrogens with zero attached hydrogens (tertiary/aromatic N) is 2. The SMILES string of the molecule is CC(C)Oc1cccc([C@](O)(C(=O)N2CCC(CCCCOc3ccc(C(=O)N(C)C)c(Cl)c3)CC2)C(F)(F)F)c1. The van der Waals surface area contributed by atoms with E-state index < -0.39 is 23.2 Å². The van der Waals surface area contributed by atoms with E-state index in [1.54, 1.807) is 46.1 Å². The molecular weight excluding hydrogens is 561 g/mol. The lowest BCUT2D eigenvalue weighted by Gasteiger charge is -2.38. The maximum atomic E-state index is 14.2. The molecule has 2 aromatic rings. The minimum absolute atomic E-state index is 0.136. The Bertz CT molecular complexity index is 1200. The third-order valence-corrected chi connectivity index (χ3v) is 7.41. The maximum Gasteiger partial charge on any atom is 0.430 e. The average molecular weight is 599 g/mol.